The van der Waals surface area contributed by atoms with Crippen molar-refractivity contribution in [2.24, 2.45) is 0 Å². The van der Waals surface area contributed by atoms with Crippen LogP contribution in [0.15, 0.2) is 42.6 Å². The van der Waals surface area contributed by atoms with Crippen LogP contribution in [-0.2, 0) is 14.6 Å². The lowest BCUT2D eigenvalue weighted by Crippen LogP contribution is -2.38. The fourth-order valence-corrected chi connectivity index (χ4v) is 3.41. The number of nitrogens with zero attached hydrogens (tertiary/aromatic N) is 2. The number of hydrogen-bond acceptors (Lipinski definition) is 4. The highest BCUT2D eigenvalue weighted by Crippen LogP contribution is 2.17. The lowest BCUT2D eigenvalue weighted by Gasteiger charge is -2.22. The predicted molar refractivity (Wildman–Crippen MR) is 92.7 cm³/mol. The molecule has 0 unspecified atom stereocenters. The van der Waals surface area contributed by atoms with E-state index in [1.165, 1.54) is 17.2 Å². The van der Waals surface area contributed by atoms with Crippen molar-refractivity contribution in [3.8, 4) is 0 Å². The van der Waals surface area contributed by atoms with Crippen molar-refractivity contribution >= 4 is 32.7 Å². The Hall–Kier alpha value is -2.21. The molecule has 0 fully saturated rings. The quantitative estimate of drug-likeness (QED) is 0.787. The SMILES string of the molecule is C[C@@H](CS(C)(=O)=O)N(C)C(=O)/C=C\c1cccc2cccnc12. The fraction of sp³-hybridized carbons (Fsp3) is 0.294. The average Bonchev–Trinajstić information content (AvgIpc) is 2.50. The molecule has 6 heteroatoms. The van der Waals surface area contributed by atoms with Crippen molar-refractivity contribution in [1.29, 1.82) is 0 Å². The van der Waals surface area contributed by atoms with Gasteiger partial charge in [-0.25, -0.2) is 8.42 Å². The number of benzene rings is 1. The highest BCUT2D eigenvalue weighted by molar-refractivity contribution is 7.90. The Bertz CT molecular complexity index is 839. The number of carbonyl (C=O) groups is 1. The number of amides is 1. The van der Waals surface area contributed by atoms with Crippen LogP contribution >= 0.6 is 0 Å². The Morgan fingerprint density at radius 3 is 2.70 bits per heavy atom. The summed E-state index contributed by atoms with van der Waals surface area (Å²) in [6.45, 7) is 1.71. The standard InChI is InChI=1S/C17H20N2O3S/c1-13(12-23(3,21)22)19(2)16(20)10-9-15-7-4-6-14-8-5-11-18-17(14)15/h4-11,13H,12H2,1-3H3/b10-9-/t13-/m0/s1. The first-order valence-electron chi connectivity index (χ1n) is 7.24. The van der Waals surface area contributed by atoms with Gasteiger partial charge in [0.25, 0.3) is 0 Å². The molecule has 1 aromatic carbocycles. The van der Waals surface area contributed by atoms with Crippen LogP contribution in [0.2, 0.25) is 0 Å². The summed E-state index contributed by atoms with van der Waals surface area (Å²) in [5.41, 5.74) is 1.67. The molecule has 0 saturated carbocycles. The molecule has 0 N–H and O–H groups in total. The summed E-state index contributed by atoms with van der Waals surface area (Å²) in [6, 6.07) is 9.20. The highest BCUT2D eigenvalue weighted by Gasteiger charge is 2.18. The van der Waals surface area contributed by atoms with Crippen molar-refractivity contribution in [3.63, 3.8) is 0 Å². The van der Waals surface area contributed by atoms with Crippen LogP contribution in [0.3, 0.4) is 0 Å². The van der Waals surface area contributed by atoms with Crippen molar-refractivity contribution in [2.75, 3.05) is 19.1 Å². The van der Waals surface area contributed by atoms with E-state index in [4.69, 9.17) is 0 Å². The van der Waals surface area contributed by atoms with Gasteiger partial charge in [-0.1, -0.05) is 24.3 Å². The highest BCUT2D eigenvalue weighted by atomic mass is 32.2. The van der Waals surface area contributed by atoms with Gasteiger partial charge in [0.15, 0.2) is 0 Å². The second-order valence-electron chi connectivity index (χ2n) is 5.65. The van der Waals surface area contributed by atoms with E-state index < -0.39 is 9.84 Å². The Balaban J connectivity index is 2.17. The van der Waals surface area contributed by atoms with E-state index in [1.807, 2.05) is 30.3 Å². The molecule has 122 valence electrons. The summed E-state index contributed by atoms with van der Waals surface area (Å²) in [7, 11) is -1.52. The molecule has 2 rings (SSSR count). The Morgan fingerprint density at radius 1 is 1.30 bits per heavy atom. The van der Waals surface area contributed by atoms with Gasteiger partial charge < -0.3 is 4.90 Å². The number of para-hydroxylation sites is 1. The third-order valence-electron chi connectivity index (χ3n) is 3.62. The van der Waals surface area contributed by atoms with Gasteiger partial charge in [-0.15, -0.1) is 0 Å². The Kier molecular flexibility index (Phi) is 5.15. The van der Waals surface area contributed by atoms with Gasteiger partial charge in [0.1, 0.15) is 9.84 Å². The predicted octanol–water partition coefficient (Wildman–Crippen LogP) is 2.14. The van der Waals surface area contributed by atoms with Crippen LogP contribution in [0, 0.1) is 0 Å². The molecule has 1 heterocycles. The molecule has 5 nitrogen and oxygen atoms in total. The number of hydrogen-bond donors (Lipinski definition) is 0. The summed E-state index contributed by atoms with van der Waals surface area (Å²) in [4.78, 5) is 18.0. The van der Waals surface area contributed by atoms with E-state index in [1.54, 1.807) is 26.2 Å². The Morgan fingerprint density at radius 2 is 2.00 bits per heavy atom. The van der Waals surface area contributed by atoms with Crippen molar-refractivity contribution in [3.05, 3.63) is 48.2 Å². The molecule has 1 atom stereocenters. The molecule has 0 aliphatic carbocycles. The maximum absolute atomic E-state index is 12.2. The number of rotatable bonds is 5. The number of pyridine rings is 1. The van der Waals surface area contributed by atoms with Crippen LogP contribution in [-0.4, -0.2) is 49.3 Å². The zero-order chi connectivity index (χ0) is 17.0. The van der Waals surface area contributed by atoms with Crippen LogP contribution in [0.5, 0.6) is 0 Å². The van der Waals surface area contributed by atoms with Gasteiger partial charge in [-0.3, -0.25) is 9.78 Å². The molecule has 0 aliphatic heterocycles. The van der Waals surface area contributed by atoms with Crippen molar-refractivity contribution in [1.82, 2.24) is 9.88 Å². The molecule has 1 aromatic heterocycles. The zero-order valence-corrected chi connectivity index (χ0v) is 14.2. The molecular weight excluding hydrogens is 312 g/mol. The van der Waals surface area contributed by atoms with Crippen molar-refractivity contribution in [2.45, 2.75) is 13.0 Å². The van der Waals surface area contributed by atoms with Gasteiger partial charge >= 0.3 is 0 Å². The van der Waals surface area contributed by atoms with Crippen molar-refractivity contribution < 1.29 is 13.2 Å². The number of likely N-dealkylation sites (N-methyl/N-ethyl adjacent to an activating group) is 1. The molecular formula is C17H20N2O3S. The number of fused-ring (bicyclic) bond motifs is 1. The minimum Gasteiger partial charge on any atom is -0.338 e. The first kappa shape index (κ1) is 17.1. The minimum atomic E-state index is -3.13. The van der Waals surface area contributed by atoms with Gasteiger partial charge in [0.2, 0.25) is 5.91 Å². The van der Waals surface area contributed by atoms with Gasteiger partial charge in [-0.2, -0.15) is 0 Å². The van der Waals surface area contributed by atoms with Gasteiger partial charge in [0.05, 0.1) is 11.3 Å². The topological polar surface area (TPSA) is 67.3 Å². The molecule has 0 aliphatic rings. The molecule has 1 amide bonds. The van der Waals surface area contributed by atoms with Crippen LogP contribution in [0.1, 0.15) is 12.5 Å². The van der Waals surface area contributed by atoms with E-state index in [0.717, 1.165) is 16.5 Å². The van der Waals surface area contributed by atoms with E-state index in [2.05, 4.69) is 4.98 Å². The summed E-state index contributed by atoms with van der Waals surface area (Å²) in [5.74, 6) is -0.298. The molecule has 0 bridgehead atoms. The van der Waals surface area contributed by atoms with E-state index in [-0.39, 0.29) is 17.7 Å². The summed E-state index contributed by atoms with van der Waals surface area (Å²) >= 11 is 0. The molecule has 0 radical (unpaired) electrons. The van der Waals surface area contributed by atoms with Crippen LogP contribution in [0.25, 0.3) is 17.0 Å². The third-order valence-corrected chi connectivity index (χ3v) is 4.71. The van der Waals surface area contributed by atoms with E-state index >= 15 is 0 Å². The van der Waals surface area contributed by atoms with Gasteiger partial charge in [0, 0.05) is 42.6 Å². The molecule has 0 spiro atoms. The second kappa shape index (κ2) is 6.91. The molecule has 0 saturated heterocycles. The maximum atomic E-state index is 12.2. The number of aromatic nitrogens is 1. The number of sulfone groups is 1. The Labute approximate surface area is 136 Å². The molecule has 23 heavy (non-hydrogen) atoms. The average molecular weight is 332 g/mol. The minimum absolute atomic E-state index is 0.0566. The summed E-state index contributed by atoms with van der Waals surface area (Å²) in [6.07, 6.45) is 6.03. The van der Waals surface area contributed by atoms with E-state index in [0.29, 0.717) is 0 Å². The molecule has 2 aromatic rings. The van der Waals surface area contributed by atoms with Crippen LogP contribution in [0.4, 0.5) is 0 Å². The first-order valence-corrected chi connectivity index (χ1v) is 9.30. The smallest absolute Gasteiger partial charge is 0.246 e. The second-order valence-corrected chi connectivity index (χ2v) is 7.83. The number of carbonyl (C=O) groups excluding carboxylic acids is 1. The van der Waals surface area contributed by atoms with Crippen LogP contribution < -0.4 is 0 Å². The first-order chi connectivity index (χ1) is 10.8. The van der Waals surface area contributed by atoms with Gasteiger partial charge in [-0.05, 0) is 19.1 Å². The summed E-state index contributed by atoms with van der Waals surface area (Å²) < 4.78 is 22.7. The maximum Gasteiger partial charge on any atom is 0.246 e. The zero-order valence-electron chi connectivity index (χ0n) is 13.4. The lowest BCUT2D eigenvalue weighted by molar-refractivity contribution is -0.126. The largest absolute Gasteiger partial charge is 0.338 e. The normalized spacial score (nSPS) is 13.3. The van der Waals surface area contributed by atoms with E-state index in [9.17, 15) is 13.2 Å². The fourth-order valence-electron chi connectivity index (χ4n) is 2.31. The monoisotopic (exact) mass is 332 g/mol. The third kappa shape index (κ3) is 4.63. The summed E-state index contributed by atoms with van der Waals surface area (Å²) in [5, 5.41) is 1.00. The lowest BCUT2D eigenvalue weighted by atomic mass is 10.1.